The third-order valence-corrected chi connectivity index (χ3v) is 3.93. The molecule has 0 saturated carbocycles. The van der Waals surface area contributed by atoms with Gasteiger partial charge in [0.15, 0.2) is 0 Å². The molecule has 1 unspecified atom stereocenters. The molecule has 1 aromatic heterocycles. The van der Waals surface area contributed by atoms with Crippen molar-refractivity contribution in [1.29, 1.82) is 0 Å². The van der Waals surface area contributed by atoms with Crippen molar-refractivity contribution in [3.63, 3.8) is 0 Å². The van der Waals surface area contributed by atoms with E-state index in [0.29, 0.717) is 6.04 Å². The summed E-state index contributed by atoms with van der Waals surface area (Å²) in [5.74, 6) is 0. The summed E-state index contributed by atoms with van der Waals surface area (Å²) in [4.78, 5) is 5.04. The van der Waals surface area contributed by atoms with E-state index in [0.717, 1.165) is 51.4 Å². The Hall–Kier alpha value is -0.980. The highest BCUT2D eigenvalue weighted by Gasteiger charge is 2.22. The molecule has 0 aliphatic carbocycles. The number of aromatic nitrogens is 3. The van der Waals surface area contributed by atoms with Crippen LogP contribution in [0.3, 0.4) is 0 Å². The van der Waals surface area contributed by atoms with Crippen molar-refractivity contribution < 1.29 is 0 Å². The Bertz CT molecular complexity index is 369. The molecule has 0 amide bonds. The van der Waals surface area contributed by atoms with Crippen LogP contribution >= 0.6 is 0 Å². The zero-order valence-corrected chi connectivity index (χ0v) is 12.1. The van der Waals surface area contributed by atoms with Gasteiger partial charge in [-0.25, -0.2) is 0 Å². The molecule has 108 valence electrons. The molecular formula is C13H26N6. The Balaban J connectivity index is 1.78. The molecular weight excluding hydrogens is 240 g/mol. The quantitative estimate of drug-likeness (QED) is 0.789. The first kappa shape index (κ1) is 14.4. The number of hydrogen-bond acceptors (Lipinski definition) is 5. The van der Waals surface area contributed by atoms with Crippen molar-refractivity contribution in [3.05, 3.63) is 11.9 Å². The maximum atomic E-state index is 5.69. The number of nitrogens with zero attached hydrogens (tertiary/aromatic N) is 5. The molecule has 0 spiro atoms. The van der Waals surface area contributed by atoms with Gasteiger partial charge >= 0.3 is 0 Å². The Morgan fingerprint density at radius 1 is 1.32 bits per heavy atom. The van der Waals surface area contributed by atoms with E-state index in [9.17, 15) is 0 Å². The number of piperazine rings is 1. The van der Waals surface area contributed by atoms with Crippen molar-refractivity contribution in [2.75, 3.05) is 32.7 Å². The second-order valence-electron chi connectivity index (χ2n) is 5.34. The molecule has 6 heteroatoms. The van der Waals surface area contributed by atoms with Gasteiger partial charge in [0.05, 0.1) is 5.69 Å². The molecule has 1 fully saturated rings. The van der Waals surface area contributed by atoms with Gasteiger partial charge in [0.2, 0.25) is 0 Å². The number of nitrogens with two attached hydrogens (primary N) is 1. The monoisotopic (exact) mass is 266 g/mol. The summed E-state index contributed by atoms with van der Waals surface area (Å²) in [7, 11) is 1.91. The van der Waals surface area contributed by atoms with Gasteiger partial charge < -0.3 is 5.73 Å². The molecule has 2 N–H and O–H groups in total. The molecule has 1 saturated heterocycles. The molecule has 0 aromatic carbocycles. The fraction of sp³-hybridized carbons (Fsp3) is 0.846. The maximum Gasteiger partial charge on any atom is 0.0967 e. The zero-order chi connectivity index (χ0) is 13.7. The van der Waals surface area contributed by atoms with E-state index < -0.39 is 0 Å². The average Bonchev–Trinajstić information content (AvgIpc) is 2.82. The molecule has 1 atom stereocenters. The van der Waals surface area contributed by atoms with Crippen molar-refractivity contribution in [2.24, 2.45) is 12.8 Å². The summed E-state index contributed by atoms with van der Waals surface area (Å²) in [5, 5.41) is 8.13. The lowest BCUT2D eigenvalue weighted by Crippen LogP contribution is -2.50. The van der Waals surface area contributed by atoms with Crippen LogP contribution in [-0.2, 0) is 13.6 Å². The third kappa shape index (κ3) is 3.99. The van der Waals surface area contributed by atoms with Gasteiger partial charge in [-0.2, -0.15) is 0 Å². The molecule has 1 aromatic rings. The summed E-state index contributed by atoms with van der Waals surface area (Å²) in [6.45, 7) is 8.45. The Morgan fingerprint density at radius 3 is 2.58 bits per heavy atom. The Morgan fingerprint density at radius 2 is 2.05 bits per heavy atom. The molecule has 0 bridgehead atoms. The van der Waals surface area contributed by atoms with Crippen LogP contribution < -0.4 is 5.73 Å². The van der Waals surface area contributed by atoms with Crippen LogP contribution in [0.15, 0.2) is 6.20 Å². The molecule has 2 heterocycles. The van der Waals surface area contributed by atoms with Crippen molar-refractivity contribution in [3.8, 4) is 0 Å². The Labute approximate surface area is 115 Å². The summed E-state index contributed by atoms with van der Waals surface area (Å²) >= 11 is 0. The zero-order valence-electron chi connectivity index (χ0n) is 12.1. The minimum atomic E-state index is 0.656. The van der Waals surface area contributed by atoms with E-state index in [-0.39, 0.29) is 0 Å². The fourth-order valence-corrected chi connectivity index (χ4v) is 2.82. The van der Waals surface area contributed by atoms with Crippen molar-refractivity contribution in [1.82, 2.24) is 24.8 Å². The van der Waals surface area contributed by atoms with Crippen LogP contribution in [0.2, 0.25) is 0 Å². The SMILES string of the molecule is CCC(CCN)N1CCN(Cc2cn(C)nn2)CC1. The summed E-state index contributed by atoms with van der Waals surface area (Å²) in [5.41, 5.74) is 6.75. The molecule has 6 nitrogen and oxygen atoms in total. The number of hydrogen-bond donors (Lipinski definition) is 1. The molecule has 1 aliphatic heterocycles. The third-order valence-electron chi connectivity index (χ3n) is 3.93. The van der Waals surface area contributed by atoms with E-state index in [1.165, 1.54) is 6.42 Å². The fourth-order valence-electron chi connectivity index (χ4n) is 2.82. The lowest BCUT2D eigenvalue weighted by Gasteiger charge is -2.38. The minimum Gasteiger partial charge on any atom is -0.330 e. The highest BCUT2D eigenvalue weighted by atomic mass is 15.4. The van der Waals surface area contributed by atoms with Gasteiger partial charge in [-0.3, -0.25) is 14.5 Å². The molecule has 1 aliphatic rings. The van der Waals surface area contributed by atoms with Gasteiger partial charge in [0.1, 0.15) is 0 Å². The van der Waals surface area contributed by atoms with Crippen LogP contribution in [0.5, 0.6) is 0 Å². The minimum absolute atomic E-state index is 0.656. The van der Waals surface area contributed by atoms with Crippen LogP contribution in [0.25, 0.3) is 0 Å². The predicted molar refractivity (Wildman–Crippen MR) is 75.6 cm³/mol. The Kier molecular flexibility index (Phi) is 5.30. The van der Waals surface area contributed by atoms with Crippen molar-refractivity contribution in [2.45, 2.75) is 32.4 Å². The molecule has 0 radical (unpaired) electrons. The first-order valence-electron chi connectivity index (χ1n) is 7.24. The normalized spacial score (nSPS) is 19.7. The van der Waals surface area contributed by atoms with Crippen LogP contribution in [0, 0.1) is 0 Å². The second kappa shape index (κ2) is 6.98. The second-order valence-corrected chi connectivity index (χ2v) is 5.34. The summed E-state index contributed by atoms with van der Waals surface area (Å²) in [6, 6.07) is 0.656. The van der Waals surface area contributed by atoms with Crippen molar-refractivity contribution >= 4 is 0 Å². The lowest BCUT2D eigenvalue weighted by atomic mass is 10.1. The van der Waals surface area contributed by atoms with Gasteiger partial charge in [-0.1, -0.05) is 12.1 Å². The summed E-state index contributed by atoms with van der Waals surface area (Å²) in [6.07, 6.45) is 4.30. The van der Waals surface area contributed by atoms with E-state index in [4.69, 9.17) is 5.73 Å². The number of rotatable bonds is 6. The highest BCUT2D eigenvalue weighted by Crippen LogP contribution is 2.13. The highest BCUT2D eigenvalue weighted by molar-refractivity contribution is 4.92. The van der Waals surface area contributed by atoms with E-state index in [2.05, 4.69) is 27.0 Å². The van der Waals surface area contributed by atoms with E-state index in [1.807, 2.05) is 13.2 Å². The molecule has 2 rings (SSSR count). The van der Waals surface area contributed by atoms with Crippen LogP contribution in [-0.4, -0.2) is 63.6 Å². The first-order chi connectivity index (χ1) is 9.22. The maximum absolute atomic E-state index is 5.69. The van der Waals surface area contributed by atoms with Gasteiger partial charge in [0, 0.05) is 52.0 Å². The van der Waals surface area contributed by atoms with Crippen LogP contribution in [0.1, 0.15) is 25.5 Å². The smallest absolute Gasteiger partial charge is 0.0967 e. The van der Waals surface area contributed by atoms with Gasteiger partial charge in [-0.05, 0) is 19.4 Å². The standard InChI is InChI=1S/C13H26N6/c1-3-13(4-5-14)19-8-6-18(7-9-19)11-12-10-17(2)16-15-12/h10,13H,3-9,11,14H2,1-2H3. The topological polar surface area (TPSA) is 63.2 Å². The predicted octanol–water partition coefficient (Wildman–Crippen LogP) is 0.0601. The van der Waals surface area contributed by atoms with Gasteiger partial charge in [0.25, 0.3) is 0 Å². The van der Waals surface area contributed by atoms with Gasteiger partial charge in [-0.15, -0.1) is 5.10 Å². The summed E-state index contributed by atoms with van der Waals surface area (Å²) < 4.78 is 1.76. The molecule has 19 heavy (non-hydrogen) atoms. The van der Waals surface area contributed by atoms with Crippen LogP contribution in [0.4, 0.5) is 0 Å². The first-order valence-corrected chi connectivity index (χ1v) is 7.24. The average molecular weight is 266 g/mol. The van der Waals surface area contributed by atoms with E-state index in [1.54, 1.807) is 4.68 Å². The largest absolute Gasteiger partial charge is 0.330 e. The number of aryl methyl sites for hydroxylation is 1. The van der Waals surface area contributed by atoms with E-state index >= 15 is 0 Å². The lowest BCUT2D eigenvalue weighted by molar-refractivity contribution is 0.0864.